The Labute approximate surface area is 262 Å². The molecule has 5 heteroatoms. The van der Waals surface area contributed by atoms with Crippen LogP contribution in [0.2, 0.25) is 0 Å². The first-order chi connectivity index (χ1) is 22.8. The fourth-order valence-corrected chi connectivity index (χ4v) is 6.85. The molecule has 0 saturated carbocycles. The minimum atomic E-state index is 0.596. The highest BCUT2D eigenvalue weighted by molar-refractivity contribution is 6.30. The van der Waals surface area contributed by atoms with E-state index in [1.807, 2.05) is 72.8 Å². The van der Waals surface area contributed by atoms with Crippen molar-refractivity contribution in [1.29, 1.82) is 0 Å². The lowest BCUT2D eigenvalue weighted by Gasteiger charge is -2.11. The smallest absolute Gasteiger partial charge is 0.164 e. The predicted molar refractivity (Wildman–Crippen MR) is 186 cm³/mol. The first kappa shape index (κ1) is 25.0. The van der Waals surface area contributed by atoms with Crippen LogP contribution in [0.1, 0.15) is 0 Å². The van der Waals surface area contributed by atoms with E-state index in [0.717, 1.165) is 82.1 Å². The van der Waals surface area contributed by atoms with Crippen molar-refractivity contribution in [2.75, 3.05) is 0 Å². The molecule has 0 aliphatic rings. The molecule has 0 fully saturated rings. The third-order valence-corrected chi connectivity index (χ3v) is 8.92. The summed E-state index contributed by atoms with van der Waals surface area (Å²) in [7, 11) is 0. The number of furan rings is 2. The van der Waals surface area contributed by atoms with Gasteiger partial charge in [-0.15, -0.1) is 0 Å². The first-order valence-electron chi connectivity index (χ1n) is 15.3. The lowest BCUT2D eigenvalue weighted by atomic mass is 9.95. The van der Waals surface area contributed by atoms with E-state index in [4.69, 9.17) is 23.8 Å². The summed E-state index contributed by atoms with van der Waals surface area (Å²) in [4.78, 5) is 15.3. The van der Waals surface area contributed by atoms with Crippen molar-refractivity contribution >= 4 is 65.4 Å². The summed E-state index contributed by atoms with van der Waals surface area (Å²) in [5.74, 6) is 1.81. The van der Waals surface area contributed by atoms with E-state index in [1.165, 1.54) is 0 Å². The molecule has 0 N–H and O–H groups in total. The van der Waals surface area contributed by atoms with Crippen LogP contribution in [0, 0.1) is 0 Å². The molecule has 10 rings (SSSR count). The Hall–Kier alpha value is -6.33. The summed E-state index contributed by atoms with van der Waals surface area (Å²) >= 11 is 0. The van der Waals surface area contributed by atoms with E-state index in [9.17, 15) is 0 Å². The van der Waals surface area contributed by atoms with E-state index in [-0.39, 0.29) is 0 Å². The Morgan fingerprint density at radius 2 is 0.935 bits per heavy atom. The van der Waals surface area contributed by atoms with Gasteiger partial charge in [0.15, 0.2) is 17.5 Å². The van der Waals surface area contributed by atoms with E-state index < -0.39 is 0 Å². The van der Waals surface area contributed by atoms with Crippen molar-refractivity contribution < 1.29 is 8.83 Å². The minimum Gasteiger partial charge on any atom is -0.456 e. The molecule has 0 amide bonds. The zero-order valence-corrected chi connectivity index (χ0v) is 24.4. The molecule has 0 atom stereocenters. The number of nitrogens with zero attached hydrogens (tertiary/aromatic N) is 3. The summed E-state index contributed by atoms with van der Waals surface area (Å²) < 4.78 is 12.7. The molecule has 7 aromatic carbocycles. The van der Waals surface area contributed by atoms with Gasteiger partial charge in [-0.2, -0.15) is 0 Å². The number of aromatic nitrogens is 3. The number of fused-ring (bicyclic) bond motifs is 11. The monoisotopic (exact) mass is 589 g/mol. The lowest BCUT2D eigenvalue weighted by molar-refractivity contribution is 0.669. The van der Waals surface area contributed by atoms with E-state index in [2.05, 4.69) is 66.7 Å². The topological polar surface area (TPSA) is 65.0 Å². The van der Waals surface area contributed by atoms with Crippen LogP contribution in [0.5, 0.6) is 0 Å². The molecule has 0 spiro atoms. The second-order valence-corrected chi connectivity index (χ2v) is 11.6. The summed E-state index contributed by atoms with van der Waals surface area (Å²) in [5, 5.41) is 8.71. The molecule has 0 aliphatic carbocycles. The molecule has 3 aromatic heterocycles. The van der Waals surface area contributed by atoms with Gasteiger partial charge in [0.1, 0.15) is 22.3 Å². The van der Waals surface area contributed by atoms with Gasteiger partial charge in [0.05, 0.1) is 0 Å². The maximum absolute atomic E-state index is 6.49. The maximum atomic E-state index is 6.49. The zero-order valence-electron chi connectivity index (χ0n) is 24.4. The Morgan fingerprint density at radius 1 is 0.348 bits per heavy atom. The fraction of sp³-hybridized carbons (Fsp3) is 0. The van der Waals surface area contributed by atoms with Gasteiger partial charge in [0, 0.05) is 43.6 Å². The molecule has 10 aromatic rings. The Bertz CT molecular complexity index is 2810. The molecular weight excluding hydrogens is 566 g/mol. The molecule has 214 valence electrons. The largest absolute Gasteiger partial charge is 0.456 e. The van der Waals surface area contributed by atoms with E-state index in [0.29, 0.717) is 17.5 Å². The van der Waals surface area contributed by atoms with Gasteiger partial charge in [0.2, 0.25) is 0 Å². The maximum Gasteiger partial charge on any atom is 0.164 e. The average Bonchev–Trinajstić information content (AvgIpc) is 3.71. The van der Waals surface area contributed by atoms with Gasteiger partial charge in [-0.1, -0.05) is 115 Å². The quantitative estimate of drug-likeness (QED) is 0.192. The van der Waals surface area contributed by atoms with Crippen LogP contribution in [-0.4, -0.2) is 15.0 Å². The van der Waals surface area contributed by atoms with Gasteiger partial charge in [0.25, 0.3) is 0 Å². The van der Waals surface area contributed by atoms with Crippen molar-refractivity contribution in [1.82, 2.24) is 15.0 Å². The molecule has 0 bridgehead atoms. The number of benzene rings is 7. The van der Waals surface area contributed by atoms with Crippen LogP contribution in [0.15, 0.2) is 148 Å². The molecule has 0 radical (unpaired) electrons. The standard InChI is InChI=1S/C41H23N3O2/c1-2-11-24(12-3-1)39-42-40(44-41(43-39)31-17-10-20-35-36(31)29-15-6-8-18-33(29)45-35)25-21-22-27-26-13-4-5-14-28(26)38-37(32(27)23-25)30-16-7-9-19-34(30)46-38/h1-23H. The number of hydrogen-bond donors (Lipinski definition) is 0. The summed E-state index contributed by atoms with van der Waals surface area (Å²) in [6.45, 7) is 0. The van der Waals surface area contributed by atoms with Crippen LogP contribution in [0.25, 0.3) is 99.6 Å². The molecule has 0 unspecified atom stereocenters. The van der Waals surface area contributed by atoms with E-state index >= 15 is 0 Å². The second-order valence-electron chi connectivity index (χ2n) is 11.6. The Balaban J connectivity index is 1.28. The van der Waals surface area contributed by atoms with Crippen LogP contribution in [0.3, 0.4) is 0 Å². The highest BCUT2D eigenvalue weighted by Gasteiger charge is 2.20. The molecule has 3 heterocycles. The van der Waals surface area contributed by atoms with Crippen molar-refractivity contribution in [2.24, 2.45) is 0 Å². The third-order valence-electron chi connectivity index (χ3n) is 8.92. The first-order valence-corrected chi connectivity index (χ1v) is 15.3. The SMILES string of the molecule is c1ccc(-c2nc(-c3ccc4c5ccccc5c5oc6ccccc6c5c4c3)nc(-c3cccc4oc5ccccc5c34)n2)cc1. The summed E-state index contributed by atoms with van der Waals surface area (Å²) in [6, 6.07) is 47.4. The van der Waals surface area contributed by atoms with Gasteiger partial charge >= 0.3 is 0 Å². The second kappa shape index (κ2) is 9.58. The van der Waals surface area contributed by atoms with Crippen LogP contribution in [-0.2, 0) is 0 Å². The number of hydrogen-bond acceptors (Lipinski definition) is 5. The molecule has 0 aliphatic heterocycles. The highest BCUT2D eigenvalue weighted by Crippen LogP contribution is 2.42. The zero-order chi connectivity index (χ0) is 30.2. The van der Waals surface area contributed by atoms with Gasteiger partial charge < -0.3 is 8.83 Å². The lowest BCUT2D eigenvalue weighted by Crippen LogP contribution is -2.00. The molecular formula is C41H23N3O2. The summed E-state index contributed by atoms with van der Waals surface area (Å²) in [5.41, 5.74) is 6.12. The van der Waals surface area contributed by atoms with Gasteiger partial charge in [-0.05, 0) is 40.4 Å². The van der Waals surface area contributed by atoms with E-state index in [1.54, 1.807) is 0 Å². The van der Waals surface area contributed by atoms with Crippen molar-refractivity contribution in [3.8, 4) is 34.2 Å². The Morgan fingerprint density at radius 3 is 1.74 bits per heavy atom. The van der Waals surface area contributed by atoms with Crippen molar-refractivity contribution in [3.05, 3.63) is 140 Å². The summed E-state index contributed by atoms with van der Waals surface area (Å²) in [6.07, 6.45) is 0. The van der Waals surface area contributed by atoms with Crippen LogP contribution < -0.4 is 0 Å². The minimum absolute atomic E-state index is 0.596. The highest BCUT2D eigenvalue weighted by atomic mass is 16.3. The van der Waals surface area contributed by atoms with Gasteiger partial charge in [-0.25, -0.2) is 15.0 Å². The normalized spacial score (nSPS) is 11.9. The molecule has 5 nitrogen and oxygen atoms in total. The van der Waals surface area contributed by atoms with Gasteiger partial charge in [-0.3, -0.25) is 0 Å². The number of para-hydroxylation sites is 2. The van der Waals surface area contributed by atoms with Crippen molar-refractivity contribution in [3.63, 3.8) is 0 Å². The third kappa shape index (κ3) is 3.66. The number of rotatable bonds is 3. The van der Waals surface area contributed by atoms with Crippen LogP contribution in [0.4, 0.5) is 0 Å². The van der Waals surface area contributed by atoms with Crippen LogP contribution >= 0.6 is 0 Å². The average molecular weight is 590 g/mol. The Kier molecular flexibility index (Phi) is 5.22. The molecule has 46 heavy (non-hydrogen) atoms. The molecule has 0 saturated heterocycles. The predicted octanol–water partition coefficient (Wildman–Crippen LogP) is 11.0. The fourth-order valence-electron chi connectivity index (χ4n) is 6.85. The van der Waals surface area contributed by atoms with Crippen molar-refractivity contribution in [2.45, 2.75) is 0 Å².